The molecule has 1 rings (SSSR count). The Bertz CT molecular complexity index is 281. The van der Waals surface area contributed by atoms with E-state index in [-0.39, 0.29) is 0 Å². The van der Waals surface area contributed by atoms with E-state index in [1.807, 2.05) is 0 Å². The Hall–Kier alpha value is -0.340. The minimum absolute atomic E-state index is 1.09. The Labute approximate surface area is 114 Å². The van der Waals surface area contributed by atoms with Gasteiger partial charge in [-0.2, -0.15) is 0 Å². The van der Waals surface area contributed by atoms with Gasteiger partial charge in [0.05, 0.1) is 0 Å². The summed E-state index contributed by atoms with van der Waals surface area (Å²) in [5.41, 5.74) is 1.41. The van der Waals surface area contributed by atoms with Gasteiger partial charge in [0.25, 0.3) is 0 Å². The lowest BCUT2D eigenvalue weighted by atomic mass is 10.1. The lowest BCUT2D eigenvalue weighted by Gasteiger charge is -2.05. The van der Waals surface area contributed by atoms with Crippen molar-refractivity contribution in [2.24, 2.45) is 0 Å². The molecule has 0 aliphatic rings. The highest BCUT2D eigenvalue weighted by molar-refractivity contribution is 9.10. The summed E-state index contributed by atoms with van der Waals surface area (Å²) < 4.78 is 1.16. The molecule has 0 amide bonds. The lowest BCUT2D eigenvalue weighted by molar-refractivity contribution is 0.584. The summed E-state index contributed by atoms with van der Waals surface area (Å²) in [7, 11) is 0. The van der Waals surface area contributed by atoms with Gasteiger partial charge in [0.1, 0.15) is 0 Å². The number of rotatable bonds is 9. The first-order valence-corrected chi connectivity index (χ1v) is 7.57. The van der Waals surface area contributed by atoms with Crippen LogP contribution in [-0.2, 0) is 6.42 Å². The molecule has 0 fully saturated rings. The van der Waals surface area contributed by atoms with Gasteiger partial charge in [-0.15, -0.1) is 0 Å². The highest BCUT2D eigenvalue weighted by Gasteiger charge is 1.93. The van der Waals surface area contributed by atoms with Gasteiger partial charge >= 0.3 is 0 Å². The Kier molecular flexibility index (Phi) is 8.37. The molecule has 2 heteroatoms. The molecule has 0 saturated carbocycles. The second-order valence-corrected chi connectivity index (χ2v) is 5.46. The zero-order valence-electron chi connectivity index (χ0n) is 10.8. The summed E-state index contributed by atoms with van der Waals surface area (Å²) in [5.74, 6) is 0. The molecular formula is C15H24BrN. The minimum atomic E-state index is 1.09. The normalized spacial score (nSPS) is 10.7. The molecule has 1 aromatic rings. The third-order valence-corrected chi connectivity index (χ3v) is 3.49. The van der Waals surface area contributed by atoms with Crippen LogP contribution >= 0.6 is 15.9 Å². The molecule has 96 valence electrons. The smallest absolute Gasteiger partial charge is 0.0175 e. The maximum Gasteiger partial charge on any atom is 0.0175 e. The molecule has 0 spiro atoms. The van der Waals surface area contributed by atoms with Crippen LogP contribution in [0.1, 0.15) is 44.6 Å². The van der Waals surface area contributed by atoms with Crippen molar-refractivity contribution in [3.8, 4) is 0 Å². The third-order valence-electron chi connectivity index (χ3n) is 2.96. The van der Waals surface area contributed by atoms with Gasteiger partial charge in [-0.25, -0.2) is 0 Å². The number of nitrogens with one attached hydrogen (secondary N) is 1. The van der Waals surface area contributed by atoms with E-state index in [1.54, 1.807) is 0 Å². The van der Waals surface area contributed by atoms with Crippen molar-refractivity contribution in [1.29, 1.82) is 0 Å². The third kappa shape index (κ3) is 7.56. The first-order valence-electron chi connectivity index (χ1n) is 6.78. The van der Waals surface area contributed by atoms with Gasteiger partial charge in [-0.05, 0) is 43.6 Å². The van der Waals surface area contributed by atoms with Gasteiger partial charge in [-0.3, -0.25) is 0 Å². The molecule has 0 saturated heterocycles. The average Bonchev–Trinajstić information content (AvgIpc) is 2.35. The molecule has 0 heterocycles. The molecule has 1 N–H and O–H groups in total. The Morgan fingerprint density at radius 2 is 1.65 bits per heavy atom. The first-order chi connectivity index (χ1) is 8.33. The summed E-state index contributed by atoms with van der Waals surface area (Å²) >= 11 is 3.45. The molecule has 0 atom stereocenters. The van der Waals surface area contributed by atoms with Crippen molar-refractivity contribution in [3.63, 3.8) is 0 Å². The molecule has 0 radical (unpaired) electrons. The molecule has 1 nitrogen and oxygen atoms in total. The maximum absolute atomic E-state index is 3.51. The first kappa shape index (κ1) is 14.7. The monoisotopic (exact) mass is 297 g/mol. The second kappa shape index (κ2) is 9.67. The van der Waals surface area contributed by atoms with E-state index in [1.165, 1.54) is 44.2 Å². The zero-order chi connectivity index (χ0) is 12.3. The van der Waals surface area contributed by atoms with Crippen molar-refractivity contribution in [3.05, 3.63) is 34.3 Å². The van der Waals surface area contributed by atoms with Crippen molar-refractivity contribution in [2.75, 3.05) is 13.1 Å². The lowest BCUT2D eigenvalue weighted by Crippen LogP contribution is -2.18. The van der Waals surface area contributed by atoms with E-state index >= 15 is 0 Å². The predicted octanol–water partition coefficient (Wildman–Crippen LogP) is 4.55. The molecule has 17 heavy (non-hydrogen) atoms. The molecular weight excluding hydrogens is 274 g/mol. The SMILES string of the molecule is CCCCCCCNCCc1ccc(Br)cc1. The van der Waals surface area contributed by atoms with Gasteiger partial charge in [0.15, 0.2) is 0 Å². The summed E-state index contributed by atoms with van der Waals surface area (Å²) in [6.45, 7) is 4.52. The van der Waals surface area contributed by atoms with Crippen LogP contribution in [0.2, 0.25) is 0 Å². The number of hydrogen-bond donors (Lipinski definition) is 1. The van der Waals surface area contributed by atoms with Crippen LogP contribution in [0.4, 0.5) is 0 Å². The van der Waals surface area contributed by atoms with E-state index in [0.29, 0.717) is 0 Å². The van der Waals surface area contributed by atoms with Gasteiger partial charge < -0.3 is 5.32 Å². The highest BCUT2D eigenvalue weighted by atomic mass is 79.9. The fourth-order valence-electron chi connectivity index (χ4n) is 1.86. The molecule has 0 bridgehead atoms. The predicted molar refractivity (Wildman–Crippen MR) is 79.5 cm³/mol. The average molecular weight is 298 g/mol. The van der Waals surface area contributed by atoms with Gasteiger partial charge in [-0.1, -0.05) is 60.7 Å². The summed E-state index contributed by atoms with van der Waals surface area (Å²) in [5, 5.41) is 3.51. The Morgan fingerprint density at radius 3 is 2.35 bits per heavy atom. The van der Waals surface area contributed by atoms with E-state index < -0.39 is 0 Å². The molecule has 0 aromatic heterocycles. The second-order valence-electron chi connectivity index (χ2n) is 4.54. The minimum Gasteiger partial charge on any atom is -0.316 e. The maximum atomic E-state index is 3.51. The topological polar surface area (TPSA) is 12.0 Å². The Morgan fingerprint density at radius 1 is 0.941 bits per heavy atom. The van der Waals surface area contributed by atoms with E-state index in [9.17, 15) is 0 Å². The molecule has 0 aliphatic heterocycles. The van der Waals surface area contributed by atoms with Crippen LogP contribution in [0.3, 0.4) is 0 Å². The molecule has 1 aromatic carbocycles. The number of benzene rings is 1. The van der Waals surface area contributed by atoms with E-state index in [4.69, 9.17) is 0 Å². The van der Waals surface area contributed by atoms with Crippen LogP contribution in [0.25, 0.3) is 0 Å². The highest BCUT2D eigenvalue weighted by Crippen LogP contribution is 2.10. The van der Waals surface area contributed by atoms with Crippen molar-refractivity contribution < 1.29 is 0 Å². The van der Waals surface area contributed by atoms with Crippen molar-refractivity contribution in [2.45, 2.75) is 45.4 Å². The van der Waals surface area contributed by atoms with Crippen LogP contribution < -0.4 is 5.32 Å². The van der Waals surface area contributed by atoms with Crippen molar-refractivity contribution in [1.82, 2.24) is 5.32 Å². The molecule has 0 unspecified atom stereocenters. The quantitative estimate of drug-likeness (QED) is 0.659. The van der Waals surface area contributed by atoms with Gasteiger partial charge in [0.2, 0.25) is 0 Å². The number of unbranched alkanes of at least 4 members (excludes halogenated alkanes) is 4. The van der Waals surface area contributed by atoms with E-state index in [0.717, 1.165) is 17.4 Å². The van der Waals surface area contributed by atoms with Crippen LogP contribution in [-0.4, -0.2) is 13.1 Å². The fourth-order valence-corrected chi connectivity index (χ4v) is 2.13. The summed E-state index contributed by atoms with van der Waals surface area (Å²) in [4.78, 5) is 0. The largest absolute Gasteiger partial charge is 0.316 e. The van der Waals surface area contributed by atoms with Crippen molar-refractivity contribution >= 4 is 15.9 Å². The zero-order valence-corrected chi connectivity index (χ0v) is 12.4. The Balaban J connectivity index is 1.95. The van der Waals surface area contributed by atoms with Gasteiger partial charge in [0, 0.05) is 4.47 Å². The number of hydrogen-bond acceptors (Lipinski definition) is 1. The van der Waals surface area contributed by atoms with E-state index in [2.05, 4.69) is 52.4 Å². The molecule has 0 aliphatic carbocycles. The standard InChI is InChI=1S/C15H24BrN/c1-2-3-4-5-6-12-17-13-11-14-7-9-15(16)10-8-14/h7-10,17H,2-6,11-13H2,1H3. The summed E-state index contributed by atoms with van der Waals surface area (Å²) in [6.07, 6.45) is 7.93. The van der Waals surface area contributed by atoms with Crippen LogP contribution in [0, 0.1) is 0 Å². The summed E-state index contributed by atoms with van der Waals surface area (Å²) in [6, 6.07) is 8.60. The van der Waals surface area contributed by atoms with Crippen LogP contribution in [0.15, 0.2) is 28.7 Å². The van der Waals surface area contributed by atoms with Crippen LogP contribution in [0.5, 0.6) is 0 Å². The fraction of sp³-hybridized carbons (Fsp3) is 0.600. The number of halogens is 1.